The Morgan fingerprint density at radius 3 is 2.81 bits per heavy atom. The van der Waals surface area contributed by atoms with Gasteiger partial charge in [-0.15, -0.1) is 11.8 Å². The molecule has 1 atom stereocenters. The Balaban J connectivity index is 2.10. The molecule has 1 amide bonds. The molecule has 142 valence electrons. The Morgan fingerprint density at radius 2 is 2.15 bits per heavy atom. The van der Waals surface area contributed by atoms with Gasteiger partial charge in [-0.2, -0.15) is 0 Å². The van der Waals surface area contributed by atoms with Crippen LogP contribution >= 0.6 is 23.4 Å². The molecule has 6 nitrogen and oxygen atoms in total. The van der Waals surface area contributed by atoms with Crippen molar-refractivity contribution in [2.24, 2.45) is 0 Å². The van der Waals surface area contributed by atoms with Crippen LogP contribution in [-0.4, -0.2) is 61.7 Å². The smallest absolute Gasteiger partial charge is 0.320 e. The van der Waals surface area contributed by atoms with E-state index in [0.29, 0.717) is 42.0 Å². The van der Waals surface area contributed by atoms with E-state index >= 15 is 0 Å². The van der Waals surface area contributed by atoms with Crippen LogP contribution in [0.15, 0.2) is 18.2 Å². The molecule has 1 aliphatic rings. The van der Waals surface area contributed by atoms with Crippen LogP contribution in [0.5, 0.6) is 11.5 Å². The predicted molar refractivity (Wildman–Crippen MR) is 103 cm³/mol. The van der Waals surface area contributed by atoms with Crippen LogP contribution in [0, 0.1) is 0 Å². The fourth-order valence-electron chi connectivity index (χ4n) is 2.52. The zero-order chi connectivity index (χ0) is 19.1. The molecule has 0 bridgehead atoms. The molecule has 0 N–H and O–H groups in total. The molecule has 0 aromatic heterocycles. The lowest BCUT2D eigenvalue weighted by atomic mass is 10.1. The summed E-state index contributed by atoms with van der Waals surface area (Å²) >= 11 is 7.74. The van der Waals surface area contributed by atoms with Crippen molar-refractivity contribution in [2.75, 3.05) is 39.7 Å². The number of ether oxygens (including phenoxy) is 3. The third kappa shape index (κ3) is 5.08. The van der Waals surface area contributed by atoms with E-state index in [4.69, 9.17) is 25.8 Å². The molecule has 1 aromatic rings. The third-order valence-electron chi connectivity index (χ3n) is 3.80. The minimum Gasteiger partial charge on any atom is -0.493 e. The second kappa shape index (κ2) is 9.73. The highest BCUT2D eigenvalue weighted by Crippen LogP contribution is 2.36. The molecule has 1 aromatic carbocycles. The number of thioether (sulfide) groups is 1. The number of benzene rings is 1. The SMILES string of the molecule is CCOc1c(Cl)cc(/C=C/C(=O)N2CCS[C@H](C(=O)OC)C2)cc1OC. The van der Waals surface area contributed by atoms with E-state index in [1.165, 1.54) is 32.1 Å². The van der Waals surface area contributed by atoms with Gasteiger partial charge in [0.1, 0.15) is 5.25 Å². The van der Waals surface area contributed by atoms with Crippen molar-refractivity contribution in [3.8, 4) is 11.5 Å². The van der Waals surface area contributed by atoms with Crippen molar-refractivity contribution in [3.63, 3.8) is 0 Å². The predicted octanol–water partition coefficient (Wildman–Crippen LogP) is 2.88. The molecule has 0 unspecified atom stereocenters. The zero-order valence-electron chi connectivity index (χ0n) is 15.0. The molecular formula is C18H22ClNO5S. The van der Waals surface area contributed by atoms with Gasteiger partial charge in [0, 0.05) is 24.9 Å². The second-order valence-corrected chi connectivity index (χ2v) is 7.19. The third-order valence-corrected chi connectivity index (χ3v) is 5.24. The van der Waals surface area contributed by atoms with E-state index in [0.717, 1.165) is 5.56 Å². The standard InChI is InChI=1S/C18H22ClNO5S/c1-4-25-17-13(19)9-12(10-14(17)23-2)5-6-16(21)20-7-8-26-15(11-20)18(22)24-3/h5-6,9-10,15H,4,7-8,11H2,1-3H3/b6-5+/t15-/m0/s1. The van der Waals surface area contributed by atoms with Crippen molar-refractivity contribution in [1.82, 2.24) is 4.90 Å². The molecule has 0 aliphatic carbocycles. The lowest BCUT2D eigenvalue weighted by Crippen LogP contribution is -2.44. The van der Waals surface area contributed by atoms with Gasteiger partial charge < -0.3 is 19.1 Å². The molecule has 2 rings (SSSR count). The van der Waals surface area contributed by atoms with Gasteiger partial charge in [0.15, 0.2) is 11.5 Å². The molecule has 1 fully saturated rings. The van der Waals surface area contributed by atoms with E-state index in [1.807, 2.05) is 6.92 Å². The first-order valence-corrected chi connectivity index (χ1v) is 9.59. The normalized spacial score (nSPS) is 17.2. The quantitative estimate of drug-likeness (QED) is 0.541. The molecule has 8 heteroatoms. The summed E-state index contributed by atoms with van der Waals surface area (Å²) in [4.78, 5) is 25.7. The highest BCUT2D eigenvalue weighted by atomic mass is 35.5. The van der Waals surface area contributed by atoms with Crippen molar-refractivity contribution in [3.05, 3.63) is 28.8 Å². The second-order valence-electron chi connectivity index (χ2n) is 5.47. The Kier molecular flexibility index (Phi) is 7.66. The van der Waals surface area contributed by atoms with E-state index in [-0.39, 0.29) is 17.1 Å². The number of halogens is 1. The van der Waals surface area contributed by atoms with E-state index in [9.17, 15) is 9.59 Å². The van der Waals surface area contributed by atoms with Crippen LogP contribution in [0.2, 0.25) is 5.02 Å². The van der Waals surface area contributed by atoms with Crippen LogP contribution in [-0.2, 0) is 14.3 Å². The van der Waals surface area contributed by atoms with E-state index in [1.54, 1.807) is 23.1 Å². The molecule has 0 saturated carbocycles. The van der Waals surface area contributed by atoms with Crippen LogP contribution in [0.4, 0.5) is 0 Å². The van der Waals surface area contributed by atoms with Gasteiger partial charge >= 0.3 is 5.97 Å². The number of esters is 1. The van der Waals surface area contributed by atoms with Gasteiger partial charge in [-0.1, -0.05) is 11.6 Å². The number of hydrogen-bond acceptors (Lipinski definition) is 6. The summed E-state index contributed by atoms with van der Waals surface area (Å²) in [5, 5.41) is 0.0736. The van der Waals surface area contributed by atoms with E-state index in [2.05, 4.69) is 0 Å². The molecular weight excluding hydrogens is 378 g/mol. The summed E-state index contributed by atoms with van der Waals surface area (Å²) in [6.45, 7) is 3.27. The fourth-order valence-corrected chi connectivity index (χ4v) is 3.92. The average molecular weight is 400 g/mol. The summed E-state index contributed by atoms with van der Waals surface area (Å²) in [7, 11) is 2.89. The van der Waals surface area contributed by atoms with Gasteiger partial charge in [0.25, 0.3) is 0 Å². The van der Waals surface area contributed by atoms with Crippen molar-refractivity contribution >= 4 is 41.3 Å². The number of hydrogen-bond donors (Lipinski definition) is 0. The molecule has 1 aliphatic heterocycles. The highest BCUT2D eigenvalue weighted by Gasteiger charge is 2.28. The van der Waals surface area contributed by atoms with Gasteiger partial charge in [-0.05, 0) is 30.7 Å². The number of rotatable bonds is 6. The van der Waals surface area contributed by atoms with Gasteiger partial charge in [0.2, 0.25) is 5.91 Å². The Morgan fingerprint density at radius 1 is 1.38 bits per heavy atom. The maximum atomic E-state index is 12.4. The van der Waals surface area contributed by atoms with E-state index < -0.39 is 0 Å². The summed E-state index contributed by atoms with van der Waals surface area (Å²) in [6.07, 6.45) is 3.14. The number of amides is 1. The van der Waals surface area contributed by atoms with Crippen molar-refractivity contribution < 1.29 is 23.8 Å². The molecule has 1 saturated heterocycles. The van der Waals surface area contributed by atoms with Crippen LogP contribution in [0.3, 0.4) is 0 Å². The topological polar surface area (TPSA) is 65.1 Å². The molecule has 0 radical (unpaired) electrons. The Hall–Kier alpha value is -1.86. The molecule has 0 spiro atoms. The minimum absolute atomic E-state index is 0.164. The lowest BCUT2D eigenvalue weighted by Gasteiger charge is -2.30. The Bertz CT molecular complexity index is 694. The number of carbonyl (C=O) groups excluding carboxylic acids is 2. The lowest BCUT2D eigenvalue weighted by molar-refractivity contribution is -0.140. The van der Waals surface area contributed by atoms with Gasteiger partial charge in [0.05, 0.1) is 25.8 Å². The summed E-state index contributed by atoms with van der Waals surface area (Å²) in [6, 6.07) is 3.46. The average Bonchev–Trinajstić information content (AvgIpc) is 2.67. The first kappa shape index (κ1) is 20.5. The minimum atomic E-state index is -0.342. The maximum Gasteiger partial charge on any atom is 0.320 e. The van der Waals surface area contributed by atoms with Crippen molar-refractivity contribution in [2.45, 2.75) is 12.2 Å². The van der Waals surface area contributed by atoms with Gasteiger partial charge in [-0.3, -0.25) is 9.59 Å². The summed E-state index contributed by atoms with van der Waals surface area (Å²) in [5.74, 6) is 1.21. The van der Waals surface area contributed by atoms with Crippen LogP contribution in [0.1, 0.15) is 12.5 Å². The van der Waals surface area contributed by atoms with Crippen molar-refractivity contribution in [1.29, 1.82) is 0 Å². The van der Waals surface area contributed by atoms with Crippen LogP contribution < -0.4 is 9.47 Å². The first-order valence-electron chi connectivity index (χ1n) is 8.16. The summed E-state index contributed by atoms with van der Waals surface area (Å²) in [5.41, 5.74) is 0.722. The monoisotopic (exact) mass is 399 g/mol. The first-order chi connectivity index (χ1) is 12.5. The molecule has 1 heterocycles. The molecule has 26 heavy (non-hydrogen) atoms. The number of carbonyl (C=O) groups is 2. The Labute approximate surface area is 162 Å². The number of nitrogens with zero attached hydrogens (tertiary/aromatic N) is 1. The number of methoxy groups -OCH3 is 2. The van der Waals surface area contributed by atoms with Gasteiger partial charge in [-0.25, -0.2) is 0 Å². The van der Waals surface area contributed by atoms with Crippen LogP contribution in [0.25, 0.3) is 6.08 Å². The highest BCUT2D eigenvalue weighted by molar-refractivity contribution is 8.00. The largest absolute Gasteiger partial charge is 0.493 e. The zero-order valence-corrected chi connectivity index (χ0v) is 16.6. The summed E-state index contributed by atoms with van der Waals surface area (Å²) < 4.78 is 15.5. The fraction of sp³-hybridized carbons (Fsp3) is 0.444. The maximum absolute atomic E-state index is 12.4.